The zero-order valence-electron chi connectivity index (χ0n) is 14.4. The normalized spacial score (nSPS) is 14.8. The van der Waals surface area contributed by atoms with Gasteiger partial charge in [0.1, 0.15) is 0 Å². The molecule has 1 fully saturated rings. The van der Waals surface area contributed by atoms with Crippen LogP contribution < -0.4 is 0 Å². The van der Waals surface area contributed by atoms with Crippen molar-refractivity contribution in [2.45, 2.75) is 37.3 Å². The van der Waals surface area contributed by atoms with Crippen LogP contribution in [0.3, 0.4) is 0 Å². The lowest BCUT2D eigenvalue weighted by Crippen LogP contribution is -2.36. The lowest BCUT2D eigenvalue weighted by molar-refractivity contribution is -0.129. The molecule has 0 saturated carbocycles. The summed E-state index contributed by atoms with van der Waals surface area (Å²) in [5.74, 6) is 1.11. The van der Waals surface area contributed by atoms with Crippen LogP contribution in [0.5, 0.6) is 0 Å². The van der Waals surface area contributed by atoms with Crippen molar-refractivity contribution >= 4 is 39.2 Å². The third-order valence-electron chi connectivity index (χ3n) is 4.37. The predicted molar refractivity (Wildman–Crippen MR) is 102 cm³/mol. The average Bonchev–Trinajstić information content (AvgIpc) is 3.31. The minimum Gasteiger partial charge on any atom is -0.416 e. The Kier molecular flexibility index (Phi) is 5.50. The van der Waals surface area contributed by atoms with Crippen LogP contribution in [-0.4, -0.2) is 44.8 Å². The molecule has 6 nitrogen and oxygen atoms in total. The van der Waals surface area contributed by atoms with E-state index < -0.39 is 0 Å². The lowest BCUT2D eigenvalue weighted by Gasteiger charge is -2.26. The Morgan fingerprint density at radius 2 is 2.00 bits per heavy atom. The van der Waals surface area contributed by atoms with Crippen LogP contribution in [0.2, 0.25) is 0 Å². The number of fused-ring (bicyclic) bond motifs is 1. The first-order valence-electron chi connectivity index (χ1n) is 8.85. The van der Waals surface area contributed by atoms with Gasteiger partial charge in [-0.05, 0) is 31.4 Å². The molecule has 0 atom stereocenters. The second-order valence-electron chi connectivity index (χ2n) is 6.27. The Labute approximate surface area is 160 Å². The van der Waals surface area contributed by atoms with Gasteiger partial charge < -0.3 is 9.32 Å². The number of thiazole rings is 1. The molecule has 8 heteroatoms. The van der Waals surface area contributed by atoms with Gasteiger partial charge in [-0.2, -0.15) is 0 Å². The topological polar surface area (TPSA) is 72.1 Å². The number of likely N-dealkylation sites (tertiary alicyclic amines) is 1. The molecule has 3 heterocycles. The van der Waals surface area contributed by atoms with E-state index in [-0.39, 0.29) is 5.91 Å². The van der Waals surface area contributed by atoms with Crippen LogP contribution >= 0.6 is 23.1 Å². The monoisotopic (exact) mass is 388 g/mol. The van der Waals surface area contributed by atoms with E-state index in [4.69, 9.17) is 4.42 Å². The molecular formula is C18H20N4O2S2. The van der Waals surface area contributed by atoms with Crippen LogP contribution in [0, 0.1) is 0 Å². The molecule has 26 heavy (non-hydrogen) atoms. The number of aromatic nitrogens is 3. The van der Waals surface area contributed by atoms with Gasteiger partial charge in [-0.3, -0.25) is 4.79 Å². The lowest BCUT2D eigenvalue weighted by atomic mass is 10.1. The predicted octanol–water partition coefficient (Wildman–Crippen LogP) is 3.57. The number of benzene rings is 1. The van der Waals surface area contributed by atoms with E-state index in [0.29, 0.717) is 23.3 Å². The third kappa shape index (κ3) is 4.24. The maximum atomic E-state index is 12.2. The molecule has 0 aliphatic carbocycles. The van der Waals surface area contributed by atoms with E-state index in [1.807, 2.05) is 23.1 Å². The smallest absolute Gasteiger partial charge is 0.277 e. The number of thioether (sulfide) groups is 1. The summed E-state index contributed by atoms with van der Waals surface area (Å²) in [6, 6.07) is 8.13. The van der Waals surface area contributed by atoms with Crippen molar-refractivity contribution in [2.24, 2.45) is 0 Å². The van der Waals surface area contributed by atoms with Crippen LogP contribution in [0.25, 0.3) is 10.2 Å². The van der Waals surface area contributed by atoms with E-state index in [2.05, 4.69) is 21.2 Å². The van der Waals surface area contributed by atoms with Gasteiger partial charge in [-0.1, -0.05) is 23.9 Å². The van der Waals surface area contributed by atoms with E-state index in [1.54, 1.807) is 11.3 Å². The standard InChI is InChI=1S/C18H20N4O2S2/c23-17(22-10-4-1-5-11-22)12-25-18-21-20-15(24-18)8-9-16-19-13-6-2-3-7-14(13)26-16/h2-3,6-7H,1,4-5,8-12H2. The third-order valence-corrected chi connectivity index (χ3v) is 6.27. The zero-order chi connectivity index (χ0) is 17.8. The molecular weight excluding hydrogens is 368 g/mol. The van der Waals surface area contributed by atoms with Gasteiger partial charge in [0, 0.05) is 25.9 Å². The number of carbonyl (C=O) groups is 1. The van der Waals surface area contributed by atoms with Crippen molar-refractivity contribution in [3.05, 3.63) is 35.2 Å². The molecule has 1 aliphatic heterocycles. The van der Waals surface area contributed by atoms with Gasteiger partial charge in [-0.15, -0.1) is 21.5 Å². The Hall–Kier alpha value is -1.93. The first-order valence-corrected chi connectivity index (χ1v) is 10.7. The molecule has 0 bridgehead atoms. The Balaban J connectivity index is 1.28. The number of hydrogen-bond donors (Lipinski definition) is 0. The molecule has 0 N–H and O–H groups in total. The van der Waals surface area contributed by atoms with Crippen LogP contribution in [0.15, 0.2) is 33.9 Å². The Morgan fingerprint density at radius 1 is 1.15 bits per heavy atom. The SMILES string of the molecule is O=C(CSc1nnc(CCc2nc3ccccc3s2)o1)N1CCCCC1. The number of carbonyl (C=O) groups excluding carboxylic acids is 1. The van der Waals surface area contributed by atoms with Crippen molar-refractivity contribution in [2.75, 3.05) is 18.8 Å². The van der Waals surface area contributed by atoms with Crippen molar-refractivity contribution in [3.8, 4) is 0 Å². The van der Waals surface area contributed by atoms with Gasteiger partial charge in [0.2, 0.25) is 11.8 Å². The van der Waals surface area contributed by atoms with Crippen molar-refractivity contribution < 1.29 is 9.21 Å². The van der Waals surface area contributed by atoms with Crippen LogP contribution in [0.1, 0.15) is 30.2 Å². The second-order valence-corrected chi connectivity index (χ2v) is 8.31. The Bertz CT molecular complexity index is 853. The first-order chi connectivity index (χ1) is 12.8. The van der Waals surface area contributed by atoms with E-state index in [1.165, 1.54) is 22.9 Å². The zero-order valence-corrected chi connectivity index (χ0v) is 16.0. The molecule has 3 aromatic rings. The van der Waals surface area contributed by atoms with Crippen LogP contribution in [-0.2, 0) is 17.6 Å². The highest BCUT2D eigenvalue weighted by Gasteiger charge is 2.18. The highest BCUT2D eigenvalue weighted by atomic mass is 32.2. The van der Waals surface area contributed by atoms with E-state index in [9.17, 15) is 4.79 Å². The maximum Gasteiger partial charge on any atom is 0.277 e. The van der Waals surface area contributed by atoms with Crippen molar-refractivity contribution in [1.82, 2.24) is 20.1 Å². The molecule has 136 valence electrons. The summed E-state index contributed by atoms with van der Waals surface area (Å²) in [6.07, 6.45) is 4.87. The molecule has 1 saturated heterocycles. The largest absolute Gasteiger partial charge is 0.416 e. The van der Waals surface area contributed by atoms with Gasteiger partial charge in [0.05, 0.1) is 21.0 Å². The summed E-state index contributed by atoms with van der Waals surface area (Å²) in [6.45, 7) is 1.74. The van der Waals surface area contributed by atoms with Gasteiger partial charge >= 0.3 is 0 Å². The van der Waals surface area contributed by atoms with Crippen LogP contribution in [0.4, 0.5) is 0 Å². The summed E-state index contributed by atoms with van der Waals surface area (Å²) in [5, 5.41) is 9.67. The van der Waals surface area contributed by atoms with Gasteiger partial charge in [-0.25, -0.2) is 4.98 Å². The minimum atomic E-state index is 0.156. The maximum absolute atomic E-state index is 12.2. The number of piperidine rings is 1. The summed E-state index contributed by atoms with van der Waals surface area (Å²) in [4.78, 5) is 18.7. The number of aryl methyl sites for hydroxylation is 2. The van der Waals surface area contributed by atoms with Crippen molar-refractivity contribution in [3.63, 3.8) is 0 Å². The first kappa shape index (κ1) is 17.5. The van der Waals surface area contributed by atoms with Crippen molar-refractivity contribution in [1.29, 1.82) is 0 Å². The highest BCUT2D eigenvalue weighted by Crippen LogP contribution is 2.23. The van der Waals surface area contributed by atoms with Gasteiger partial charge in [0.15, 0.2) is 0 Å². The summed E-state index contributed by atoms with van der Waals surface area (Å²) < 4.78 is 6.86. The molecule has 0 unspecified atom stereocenters. The molecule has 1 amide bonds. The average molecular weight is 389 g/mol. The number of hydrogen-bond acceptors (Lipinski definition) is 7. The molecule has 2 aromatic heterocycles. The second kappa shape index (κ2) is 8.18. The summed E-state index contributed by atoms with van der Waals surface area (Å²) in [5.41, 5.74) is 1.03. The minimum absolute atomic E-state index is 0.156. The highest BCUT2D eigenvalue weighted by molar-refractivity contribution is 7.99. The fourth-order valence-corrected chi connectivity index (χ4v) is 4.65. The van der Waals surface area contributed by atoms with E-state index in [0.717, 1.165) is 42.9 Å². The summed E-state index contributed by atoms with van der Waals surface area (Å²) in [7, 11) is 0. The number of nitrogens with zero attached hydrogens (tertiary/aromatic N) is 4. The molecule has 4 rings (SSSR count). The molecule has 1 aromatic carbocycles. The summed E-state index contributed by atoms with van der Waals surface area (Å²) >= 11 is 3.02. The molecule has 1 aliphatic rings. The number of amides is 1. The van der Waals surface area contributed by atoms with Gasteiger partial charge in [0.25, 0.3) is 5.22 Å². The molecule has 0 spiro atoms. The number of rotatable bonds is 6. The Morgan fingerprint density at radius 3 is 2.85 bits per heavy atom. The van der Waals surface area contributed by atoms with E-state index >= 15 is 0 Å². The number of para-hydroxylation sites is 1. The molecule has 0 radical (unpaired) electrons. The fraction of sp³-hybridized carbons (Fsp3) is 0.444. The fourth-order valence-electron chi connectivity index (χ4n) is 3.00. The quantitative estimate of drug-likeness (QED) is 0.601.